The van der Waals surface area contributed by atoms with E-state index in [1.807, 2.05) is 6.07 Å². The molecule has 2 heterocycles. The van der Waals surface area contributed by atoms with E-state index in [0.717, 1.165) is 24.9 Å². The Bertz CT molecular complexity index is 1070. The zero-order chi connectivity index (χ0) is 19.7. The number of nitrogens with zero attached hydrogens (tertiary/aromatic N) is 2. The number of nitro benzene ring substituents is 1. The Kier molecular flexibility index (Phi) is 3.55. The van der Waals surface area contributed by atoms with Crippen LogP contribution in [0.5, 0.6) is 0 Å². The Morgan fingerprint density at radius 1 is 1.03 bits per heavy atom. The van der Waals surface area contributed by atoms with E-state index in [2.05, 4.69) is 54.3 Å². The highest BCUT2D eigenvalue weighted by molar-refractivity contribution is 5.71. The van der Waals surface area contributed by atoms with Gasteiger partial charge in [0.15, 0.2) is 0 Å². The standard InChI is InChI=1S/C25H24N2O2/c1-15-11-22-19-8-3-6-17(19)14-26-24(16-5-2-7-18(13-16)27(28)29)21-10-4-9-20(21)23(12-15)25(22)26/h2-5,7-9,11-13,17,19-21,24H,6,10,14H2,1H3/t17-,19-,20+,21-,24-/m1/s1. The fourth-order valence-electron chi connectivity index (χ4n) is 6.33. The van der Waals surface area contributed by atoms with Gasteiger partial charge in [-0.25, -0.2) is 0 Å². The Morgan fingerprint density at radius 2 is 1.79 bits per heavy atom. The lowest BCUT2D eigenvalue weighted by molar-refractivity contribution is -0.384. The number of aryl methyl sites for hydroxylation is 1. The van der Waals surface area contributed by atoms with Gasteiger partial charge < -0.3 is 4.90 Å². The molecule has 4 aliphatic rings. The van der Waals surface area contributed by atoms with Crippen molar-refractivity contribution in [2.45, 2.75) is 37.6 Å². The van der Waals surface area contributed by atoms with E-state index < -0.39 is 0 Å². The van der Waals surface area contributed by atoms with Crippen LogP contribution in [-0.2, 0) is 0 Å². The Balaban J connectivity index is 1.57. The number of non-ortho nitro benzene ring substituents is 1. The van der Waals surface area contributed by atoms with Crippen LogP contribution in [0, 0.1) is 28.9 Å². The molecule has 2 aliphatic carbocycles. The predicted molar refractivity (Wildman–Crippen MR) is 114 cm³/mol. The van der Waals surface area contributed by atoms with Crippen molar-refractivity contribution in [2.75, 3.05) is 11.4 Å². The number of fused-ring (bicyclic) bond motifs is 4. The molecule has 4 nitrogen and oxygen atoms in total. The summed E-state index contributed by atoms with van der Waals surface area (Å²) in [5, 5.41) is 11.4. The number of anilines is 1. The second kappa shape index (κ2) is 6.06. The molecule has 29 heavy (non-hydrogen) atoms. The van der Waals surface area contributed by atoms with E-state index in [9.17, 15) is 10.1 Å². The van der Waals surface area contributed by atoms with E-state index in [1.54, 1.807) is 12.1 Å². The lowest BCUT2D eigenvalue weighted by Gasteiger charge is -2.51. The fourth-order valence-corrected chi connectivity index (χ4v) is 6.33. The molecule has 0 bridgehead atoms. The van der Waals surface area contributed by atoms with Gasteiger partial charge in [0.1, 0.15) is 0 Å². The van der Waals surface area contributed by atoms with Crippen LogP contribution in [-0.4, -0.2) is 11.5 Å². The fraction of sp³-hybridized carbons (Fsp3) is 0.360. The summed E-state index contributed by atoms with van der Waals surface area (Å²) in [5.74, 6) is 1.94. The van der Waals surface area contributed by atoms with Gasteiger partial charge in [-0.1, -0.05) is 54.1 Å². The van der Waals surface area contributed by atoms with Gasteiger partial charge in [0.2, 0.25) is 0 Å². The molecule has 0 N–H and O–H groups in total. The highest BCUT2D eigenvalue weighted by atomic mass is 16.6. The third kappa shape index (κ3) is 2.38. The molecule has 146 valence electrons. The average Bonchev–Trinajstić information content (AvgIpc) is 3.37. The second-order valence-electron chi connectivity index (χ2n) is 9.04. The maximum absolute atomic E-state index is 11.4. The van der Waals surface area contributed by atoms with Crippen molar-refractivity contribution in [2.24, 2.45) is 11.8 Å². The quantitative estimate of drug-likeness (QED) is 0.374. The molecule has 0 spiro atoms. The average molecular weight is 384 g/mol. The number of hydrogen-bond acceptors (Lipinski definition) is 3. The Hall–Kier alpha value is -2.88. The first-order valence-electron chi connectivity index (χ1n) is 10.6. The zero-order valence-corrected chi connectivity index (χ0v) is 16.5. The lowest BCUT2D eigenvalue weighted by atomic mass is 9.70. The summed E-state index contributed by atoms with van der Waals surface area (Å²) in [6.45, 7) is 3.24. The number of hydrogen-bond donors (Lipinski definition) is 0. The van der Waals surface area contributed by atoms with Crippen molar-refractivity contribution >= 4 is 11.4 Å². The van der Waals surface area contributed by atoms with Gasteiger partial charge in [-0.3, -0.25) is 10.1 Å². The molecule has 0 saturated heterocycles. The molecule has 0 unspecified atom stereocenters. The molecular formula is C25H24N2O2. The largest absolute Gasteiger partial charge is 0.363 e. The summed E-state index contributed by atoms with van der Waals surface area (Å²) >= 11 is 0. The van der Waals surface area contributed by atoms with Crippen LogP contribution in [0.2, 0.25) is 0 Å². The van der Waals surface area contributed by atoms with Crippen molar-refractivity contribution in [1.29, 1.82) is 0 Å². The molecule has 2 aliphatic heterocycles. The Labute approximate surface area is 170 Å². The van der Waals surface area contributed by atoms with Crippen LogP contribution in [0.1, 0.15) is 53.0 Å². The molecular weight excluding hydrogens is 360 g/mol. The zero-order valence-electron chi connectivity index (χ0n) is 16.5. The number of allylic oxidation sites excluding steroid dienone is 4. The summed E-state index contributed by atoms with van der Waals surface area (Å²) in [7, 11) is 0. The predicted octanol–water partition coefficient (Wildman–Crippen LogP) is 5.80. The van der Waals surface area contributed by atoms with Gasteiger partial charge in [0, 0.05) is 36.2 Å². The van der Waals surface area contributed by atoms with Gasteiger partial charge in [-0.05, 0) is 48.3 Å². The van der Waals surface area contributed by atoms with Gasteiger partial charge in [-0.2, -0.15) is 0 Å². The van der Waals surface area contributed by atoms with Crippen molar-refractivity contribution < 1.29 is 4.92 Å². The summed E-state index contributed by atoms with van der Waals surface area (Å²) in [6, 6.07) is 12.3. The maximum atomic E-state index is 11.4. The summed E-state index contributed by atoms with van der Waals surface area (Å²) < 4.78 is 0. The number of rotatable bonds is 2. The monoisotopic (exact) mass is 384 g/mol. The van der Waals surface area contributed by atoms with E-state index in [1.165, 1.54) is 22.4 Å². The van der Waals surface area contributed by atoms with E-state index in [4.69, 9.17) is 0 Å². The van der Waals surface area contributed by atoms with Gasteiger partial charge in [0.25, 0.3) is 5.69 Å². The maximum Gasteiger partial charge on any atom is 0.269 e. The van der Waals surface area contributed by atoms with Crippen molar-refractivity contribution in [3.63, 3.8) is 0 Å². The second-order valence-corrected chi connectivity index (χ2v) is 9.04. The molecule has 0 aromatic heterocycles. The lowest BCUT2D eigenvalue weighted by Crippen LogP contribution is -2.46. The topological polar surface area (TPSA) is 46.4 Å². The van der Waals surface area contributed by atoms with Gasteiger partial charge in [-0.15, -0.1) is 0 Å². The first kappa shape index (κ1) is 17.0. The first-order valence-corrected chi connectivity index (χ1v) is 10.6. The smallest absolute Gasteiger partial charge is 0.269 e. The summed E-state index contributed by atoms with van der Waals surface area (Å²) in [4.78, 5) is 13.8. The third-order valence-corrected chi connectivity index (χ3v) is 7.42. The van der Waals surface area contributed by atoms with Crippen molar-refractivity contribution in [1.82, 2.24) is 0 Å². The van der Waals surface area contributed by atoms with Gasteiger partial charge in [0.05, 0.1) is 11.0 Å². The Morgan fingerprint density at radius 3 is 2.62 bits per heavy atom. The van der Waals surface area contributed by atoms with Gasteiger partial charge >= 0.3 is 0 Å². The minimum absolute atomic E-state index is 0.186. The number of nitro groups is 1. The third-order valence-electron chi connectivity index (χ3n) is 7.42. The highest BCUT2D eigenvalue weighted by Gasteiger charge is 2.47. The number of benzene rings is 2. The van der Waals surface area contributed by atoms with Crippen LogP contribution in [0.4, 0.5) is 11.4 Å². The molecule has 6 rings (SSSR count). The molecule has 2 aromatic carbocycles. The molecule has 4 heteroatoms. The minimum Gasteiger partial charge on any atom is -0.363 e. The molecule has 0 fully saturated rings. The summed E-state index contributed by atoms with van der Waals surface area (Å²) in [5.41, 5.74) is 6.93. The molecule has 2 aromatic rings. The summed E-state index contributed by atoms with van der Waals surface area (Å²) in [6.07, 6.45) is 11.6. The highest BCUT2D eigenvalue weighted by Crippen LogP contribution is 2.59. The molecule has 5 atom stereocenters. The molecule has 0 radical (unpaired) electrons. The molecule has 0 amide bonds. The van der Waals surface area contributed by atoms with Crippen molar-refractivity contribution in [3.05, 3.63) is 93.1 Å². The van der Waals surface area contributed by atoms with E-state index >= 15 is 0 Å². The van der Waals surface area contributed by atoms with E-state index in [0.29, 0.717) is 23.7 Å². The normalized spacial score (nSPS) is 30.8. The van der Waals surface area contributed by atoms with E-state index in [-0.39, 0.29) is 16.7 Å². The molecule has 0 saturated carbocycles. The van der Waals surface area contributed by atoms with Crippen LogP contribution in [0.15, 0.2) is 60.7 Å². The minimum atomic E-state index is -0.271. The van der Waals surface area contributed by atoms with Crippen LogP contribution < -0.4 is 4.90 Å². The van der Waals surface area contributed by atoms with Crippen LogP contribution >= 0.6 is 0 Å². The van der Waals surface area contributed by atoms with Crippen LogP contribution in [0.25, 0.3) is 0 Å². The van der Waals surface area contributed by atoms with Crippen LogP contribution in [0.3, 0.4) is 0 Å². The SMILES string of the molecule is Cc1cc2c3c(c1)[C@@H]1C=CC[C@@H]1CN3[C@H](c1cccc([N+](=O)[O-])c1)[C@@H]1CC=C[C@H]21. The first-order chi connectivity index (χ1) is 14.1. The van der Waals surface area contributed by atoms with Crippen molar-refractivity contribution in [3.8, 4) is 0 Å².